The quantitative estimate of drug-likeness (QED) is 0.264. The van der Waals surface area contributed by atoms with Crippen LogP contribution in [0.3, 0.4) is 0 Å². The number of aryl methyl sites for hydroxylation is 1. The number of amides is 1. The van der Waals surface area contributed by atoms with Gasteiger partial charge in [0.25, 0.3) is 11.8 Å². The second kappa shape index (κ2) is 10.0. The standard InChI is InChI=1S/C28H24F3N3O2S/c1-17-33-25(26(37-17)19-6-2-8-20(29)15-19)27(36)34-16-28(30,31)13-12-21(34)10-11-23(35)22-9-3-5-18-7-4-14-32-24(18)22/h2-9,14-15,21H,10-13,16H2,1H3. The van der Waals surface area contributed by atoms with Gasteiger partial charge in [-0.05, 0) is 49.6 Å². The number of thiazole rings is 1. The summed E-state index contributed by atoms with van der Waals surface area (Å²) in [6, 6.07) is 14.2. The van der Waals surface area contributed by atoms with Gasteiger partial charge in [-0.1, -0.05) is 30.3 Å². The average Bonchev–Trinajstić information content (AvgIpc) is 3.28. The number of halogens is 3. The van der Waals surface area contributed by atoms with E-state index < -0.39 is 30.2 Å². The Hall–Kier alpha value is -3.59. The topological polar surface area (TPSA) is 63.2 Å². The van der Waals surface area contributed by atoms with E-state index >= 15 is 0 Å². The zero-order valence-electron chi connectivity index (χ0n) is 20.1. The summed E-state index contributed by atoms with van der Waals surface area (Å²) >= 11 is 1.21. The first-order chi connectivity index (χ1) is 17.7. The maximum Gasteiger partial charge on any atom is 0.274 e. The molecule has 0 radical (unpaired) electrons. The molecule has 1 atom stereocenters. The fourth-order valence-corrected chi connectivity index (χ4v) is 5.73. The van der Waals surface area contributed by atoms with Crippen molar-refractivity contribution in [1.82, 2.24) is 14.9 Å². The maximum atomic E-state index is 14.5. The van der Waals surface area contributed by atoms with Gasteiger partial charge in [0.05, 0.1) is 21.9 Å². The summed E-state index contributed by atoms with van der Waals surface area (Å²) in [5, 5.41) is 1.41. The summed E-state index contributed by atoms with van der Waals surface area (Å²) < 4.78 is 42.9. The van der Waals surface area contributed by atoms with Crippen LogP contribution < -0.4 is 0 Å². The Morgan fingerprint density at radius 1 is 1.14 bits per heavy atom. The van der Waals surface area contributed by atoms with Gasteiger partial charge in [-0.15, -0.1) is 11.3 Å². The van der Waals surface area contributed by atoms with E-state index in [-0.39, 0.29) is 37.2 Å². The minimum Gasteiger partial charge on any atom is -0.328 e. The van der Waals surface area contributed by atoms with Crippen LogP contribution in [-0.2, 0) is 0 Å². The highest BCUT2D eigenvalue weighted by atomic mass is 32.1. The third-order valence-electron chi connectivity index (χ3n) is 6.61. The highest BCUT2D eigenvalue weighted by Gasteiger charge is 2.43. The molecular formula is C28H24F3N3O2S. The highest BCUT2D eigenvalue weighted by Crippen LogP contribution is 2.36. The summed E-state index contributed by atoms with van der Waals surface area (Å²) in [7, 11) is 0. The van der Waals surface area contributed by atoms with Crippen LogP contribution in [0.1, 0.15) is 51.5 Å². The van der Waals surface area contributed by atoms with Gasteiger partial charge in [-0.2, -0.15) is 0 Å². The minimum atomic E-state index is -3.04. The van der Waals surface area contributed by atoms with Crippen LogP contribution in [0, 0.1) is 12.7 Å². The van der Waals surface area contributed by atoms with Crippen molar-refractivity contribution in [3.8, 4) is 10.4 Å². The Kier molecular flexibility index (Phi) is 6.81. The third kappa shape index (κ3) is 5.27. The first-order valence-corrected chi connectivity index (χ1v) is 12.8. The number of nitrogens with zero attached hydrogens (tertiary/aromatic N) is 3. The molecule has 4 aromatic rings. The maximum absolute atomic E-state index is 14.5. The van der Waals surface area contributed by atoms with Gasteiger partial charge in [-0.25, -0.2) is 18.2 Å². The Bertz CT molecular complexity index is 1480. The lowest BCUT2D eigenvalue weighted by Crippen LogP contribution is -2.51. The molecule has 5 nitrogen and oxygen atoms in total. The van der Waals surface area contributed by atoms with Crippen molar-refractivity contribution in [2.24, 2.45) is 0 Å². The molecule has 0 spiro atoms. The fraction of sp³-hybridized carbons (Fsp3) is 0.286. The molecule has 0 bridgehead atoms. The largest absolute Gasteiger partial charge is 0.328 e. The van der Waals surface area contributed by atoms with E-state index in [4.69, 9.17) is 0 Å². The predicted molar refractivity (Wildman–Crippen MR) is 137 cm³/mol. The number of hydrogen-bond acceptors (Lipinski definition) is 5. The molecule has 5 rings (SSSR count). The van der Waals surface area contributed by atoms with Crippen LogP contribution in [0.5, 0.6) is 0 Å². The molecule has 190 valence electrons. The molecule has 1 fully saturated rings. The lowest BCUT2D eigenvalue weighted by Gasteiger charge is -2.39. The number of piperidine rings is 1. The molecule has 3 heterocycles. The number of benzene rings is 2. The van der Waals surface area contributed by atoms with Crippen LogP contribution >= 0.6 is 11.3 Å². The number of carbonyl (C=O) groups is 2. The van der Waals surface area contributed by atoms with E-state index in [2.05, 4.69) is 9.97 Å². The second-order valence-corrected chi connectivity index (χ2v) is 10.4. The molecule has 1 aliphatic heterocycles. The first-order valence-electron chi connectivity index (χ1n) is 12.0. The van der Waals surface area contributed by atoms with E-state index in [9.17, 15) is 22.8 Å². The average molecular weight is 524 g/mol. The van der Waals surface area contributed by atoms with Crippen LogP contribution in [0.2, 0.25) is 0 Å². The number of fused-ring (bicyclic) bond motifs is 1. The number of pyridine rings is 1. The molecule has 1 saturated heterocycles. The highest BCUT2D eigenvalue weighted by molar-refractivity contribution is 7.15. The molecule has 37 heavy (non-hydrogen) atoms. The lowest BCUT2D eigenvalue weighted by molar-refractivity contribution is -0.0730. The molecule has 1 aliphatic rings. The van der Waals surface area contributed by atoms with Crippen molar-refractivity contribution in [2.45, 2.75) is 44.6 Å². The number of rotatable bonds is 6. The predicted octanol–water partition coefficient (Wildman–Crippen LogP) is 6.71. The van der Waals surface area contributed by atoms with E-state index in [1.165, 1.54) is 29.5 Å². The van der Waals surface area contributed by atoms with Crippen molar-refractivity contribution < 1.29 is 22.8 Å². The van der Waals surface area contributed by atoms with Gasteiger partial charge >= 0.3 is 0 Å². The summed E-state index contributed by atoms with van der Waals surface area (Å²) in [6.45, 7) is 0.961. The van der Waals surface area contributed by atoms with Crippen molar-refractivity contribution >= 4 is 33.9 Å². The molecule has 1 unspecified atom stereocenters. The molecule has 2 aromatic heterocycles. The molecular weight excluding hydrogens is 499 g/mol. The van der Waals surface area contributed by atoms with Crippen LogP contribution in [0.15, 0.2) is 60.8 Å². The second-order valence-electron chi connectivity index (χ2n) is 9.25. The van der Waals surface area contributed by atoms with Crippen LogP contribution in [0.4, 0.5) is 13.2 Å². The Balaban J connectivity index is 1.40. The normalized spacial score (nSPS) is 17.2. The van der Waals surface area contributed by atoms with Gasteiger partial charge < -0.3 is 4.90 Å². The SMILES string of the molecule is Cc1nc(C(=O)N2CC(F)(F)CCC2CCC(=O)c2cccc3cccnc23)c(-c2cccc(F)c2)s1. The molecule has 2 aromatic carbocycles. The van der Waals surface area contributed by atoms with Crippen molar-refractivity contribution in [1.29, 1.82) is 0 Å². The van der Waals surface area contributed by atoms with E-state index in [0.29, 0.717) is 26.5 Å². The number of para-hydroxylation sites is 1. The van der Waals surface area contributed by atoms with Gasteiger partial charge in [0.15, 0.2) is 5.78 Å². The lowest BCUT2D eigenvalue weighted by atomic mass is 9.92. The smallest absolute Gasteiger partial charge is 0.274 e. The summed E-state index contributed by atoms with van der Waals surface area (Å²) in [4.78, 5) is 37.0. The number of ketones is 1. The minimum absolute atomic E-state index is 0.0281. The van der Waals surface area contributed by atoms with Gasteiger partial charge in [-0.3, -0.25) is 14.6 Å². The number of Topliss-reactive ketones (excluding diaryl/α,β-unsaturated/α-hetero) is 1. The van der Waals surface area contributed by atoms with E-state index in [1.807, 2.05) is 12.1 Å². The number of aromatic nitrogens is 2. The zero-order chi connectivity index (χ0) is 26.2. The number of carbonyl (C=O) groups excluding carboxylic acids is 2. The molecule has 0 N–H and O–H groups in total. The Morgan fingerprint density at radius 2 is 1.92 bits per heavy atom. The first kappa shape index (κ1) is 25.1. The monoisotopic (exact) mass is 523 g/mol. The molecule has 1 amide bonds. The van der Waals surface area contributed by atoms with Gasteiger partial charge in [0, 0.05) is 36.0 Å². The Labute approximate surface area is 216 Å². The number of likely N-dealkylation sites (tertiary alicyclic amines) is 1. The third-order valence-corrected chi connectivity index (χ3v) is 7.63. The Morgan fingerprint density at radius 3 is 2.73 bits per heavy atom. The fourth-order valence-electron chi connectivity index (χ4n) is 4.82. The van der Waals surface area contributed by atoms with E-state index in [1.54, 1.807) is 37.4 Å². The summed E-state index contributed by atoms with van der Waals surface area (Å²) in [5.74, 6) is -4.29. The molecule has 0 saturated carbocycles. The van der Waals surface area contributed by atoms with Crippen LogP contribution in [0.25, 0.3) is 21.3 Å². The summed E-state index contributed by atoms with van der Waals surface area (Å²) in [5.41, 5.74) is 1.56. The summed E-state index contributed by atoms with van der Waals surface area (Å²) in [6.07, 6.45) is 1.65. The zero-order valence-corrected chi connectivity index (χ0v) is 20.9. The molecule has 0 aliphatic carbocycles. The van der Waals surface area contributed by atoms with E-state index in [0.717, 1.165) is 10.3 Å². The van der Waals surface area contributed by atoms with Crippen molar-refractivity contribution in [3.63, 3.8) is 0 Å². The van der Waals surface area contributed by atoms with Gasteiger partial charge in [0.2, 0.25) is 0 Å². The van der Waals surface area contributed by atoms with Crippen molar-refractivity contribution in [3.05, 3.63) is 82.9 Å². The van der Waals surface area contributed by atoms with Crippen molar-refractivity contribution in [2.75, 3.05) is 6.54 Å². The molecule has 9 heteroatoms. The number of hydrogen-bond donors (Lipinski definition) is 0. The number of alkyl halides is 2. The van der Waals surface area contributed by atoms with Crippen LogP contribution in [-0.4, -0.2) is 45.1 Å². The van der Waals surface area contributed by atoms with Gasteiger partial charge in [0.1, 0.15) is 11.5 Å².